The molecule has 0 bridgehead atoms. The molecule has 14 nitrogen and oxygen atoms in total. The van der Waals surface area contributed by atoms with E-state index in [1.165, 1.54) is 77.0 Å². The molecule has 2 rings (SSSR count). The molecule has 0 aromatic rings. The molecule has 0 aromatic carbocycles. The molecular formula is C45H82O14. The summed E-state index contributed by atoms with van der Waals surface area (Å²) >= 11 is 0. The summed E-state index contributed by atoms with van der Waals surface area (Å²) in [7, 11) is 0. The molecule has 0 amide bonds. The minimum atomic E-state index is -1.70. The van der Waals surface area contributed by atoms with Gasteiger partial charge in [-0.1, -0.05) is 128 Å². The highest BCUT2D eigenvalue weighted by molar-refractivity contribution is 5.69. The van der Waals surface area contributed by atoms with Crippen LogP contribution < -0.4 is 0 Å². The summed E-state index contributed by atoms with van der Waals surface area (Å²) < 4.78 is 34.0. The minimum absolute atomic E-state index is 0.0598. The standard InChI is InChI=1S/C45H82O14/c1-3-5-7-9-11-12-13-14-15-16-17-18-19-20-21-22-24-26-28-37(47)57-34(31-54-29-27-25-23-10-8-6-4-2)32-55-44-43(53)41(51)39(49)36(59-44)33-56-45-42(52)40(50)38(48)35(30-46)58-45/h12-13,15-16,34-36,38-46,48-53H,3-11,14,17-33H2,1-2H3/b13-12-,16-15-. The predicted octanol–water partition coefficient (Wildman–Crippen LogP) is 5.29. The smallest absolute Gasteiger partial charge is 0.306 e. The van der Waals surface area contributed by atoms with Crippen LogP contribution in [0.5, 0.6) is 0 Å². The van der Waals surface area contributed by atoms with Crippen molar-refractivity contribution in [2.24, 2.45) is 0 Å². The largest absolute Gasteiger partial charge is 0.457 e. The zero-order valence-corrected chi connectivity index (χ0v) is 36.2. The number of ether oxygens (including phenoxy) is 6. The van der Waals surface area contributed by atoms with Gasteiger partial charge in [0.1, 0.15) is 54.9 Å². The van der Waals surface area contributed by atoms with Gasteiger partial charge in [0.2, 0.25) is 0 Å². The maximum atomic E-state index is 12.9. The third kappa shape index (κ3) is 22.9. The second-order valence-electron chi connectivity index (χ2n) is 16.2. The monoisotopic (exact) mass is 847 g/mol. The first-order chi connectivity index (χ1) is 28.6. The third-order valence-electron chi connectivity index (χ3n) is 11.0. The van der Waals surface area contributed by atoms with Crippen molar-refractivity contribution in [3.63, 3.8) is 0 Å². The van der Waals surface area contributed by atoms with Crippen LogP contribution in [0, 0.1) is 0 Å². The number of hydrogen-bond donors (Lipinski definition) is 7. The number of carbonyl (C=O) groups is 1. The lowest BCUT2D eigenvalue weighted by molar-refractivity contribution is -0.332. The van der Waals surface area contributed by atoms with Crippen LogP contribution in [0.25, 0.3) is 0 Å². The Morgan fingerprint density at radius 1 is 0.559 bits per heavy atom. The third-order valence-corrected chi connectivity index (χ3v) is 11.0. The topological polar surface area (TPSA) is 214 Å². The normalized spacial score (nSPS) is 28.2. The van der Waals surface area contributed by atoms with Gasteiger partial charge in [-0.05, 0) is 44.9 Å². The van der Waals surface area contributed by atoms with Gasteiger partial charge in [-0.3, -0.25) is 4.79 Å². The Labute approximate surface area is 354 Å². The zero-order valence-electron chi connectivity index (χ0n) is 36.2. The molecule has 59 heavy (non-hydrogen) atoms. The summed E-state index contributed by atoms with van der Waals surface area (Å²) in [5, 5.41) is 71.8. The number of rotatable bonds is 35. The molecule has 0 radical (unpaired) electrons. The van der Waals surface area contributed by atoms with E-state index in [0.717, 1.165) is 51.4 Å². The lowest BCUT2D eigenvalue weighted by atomic mass is 9.98. The first-order valence-electron chi connectivity index (χ1n) is 22.9. The molecular weight excluding hydrogens is 764 g/mol. The Bertz CT molecular complexity index is 1080. The van der Waals surface area contributed by atoms with Crippen molar-refractivity contribution in [1.82, 2.24) is 0 Å². The Hall–Kier alpha value is -1.53. The van der Waals surface area contributed by atoms with Crippen molar-refractivity contribution in [2.75, 3.05) is 33.0 Å². The molecule has 14 heteroatoms. The van der Waals surface area contributed by atoms with Crippen LogP contribution >= 0.6 is 0 Å². The molecule has 2 aliphatic rings. The summed E-state index contributed by atoms with van der Waals surface area (Å²) in [6.07, 6.45) is 16.9. The molecule has 2 heterocycles. The van der Waals surface area contributed by atoms with Gasteiger partial charge in [0.05, 0.1) is 26.4 Å². The van der Waals surface area contributed by atoms with E-state index in [1.807, 2.05) is 0 Å². The first kappa shape index (κ1) is 53.6. The van der Waals surface area contributed by atoms with Crippen molar-refractivity contribution in [2.45, 2.75) is 223 Å². The number of unbranched alkanes of at least 4 members (excludes halogenated alkanes) is 17. The van der Waals surface area contributed by atoms with Gasteiger partial charge < -0.3 is 64.2 Å². The number of allylic oxidation sites excluding steroid dienone is 4. The number of hydrogen-bond acceptors (Lipinski definition) is 14. The van der Waals surface area contributed by atoms with Crippen molar-refractivity contribution in [1.29, 1.82) is 0 Å². The Morgan fingerprint density at radius 3 is 1.64 bits per heavy atom. The molecule has 0 aromatic heterocycles. The highest BCUT2D eigenvalue weighted by atomic mass is 16.7. The summed E-state index contributed by atoms with van der Waals surface area (Å²) in [5.74, 6) is -0.386. The molecule has 2 fully saturated rings. The Morgan fingerprint density at radius 2 is 1.05 bits per heavy atom. The summed E-state index contributed by atoms with van der Waals surface area (Å²) in [6.45, 7) is 3.61. The summed E-state index contributed by atoms with van der Waals surface area (Å²) in [4.78, 5) is 12.9. The second-order valence-corrected chi connectivity index (χ2v) is 16.2. The highest BCUT2D eigenvalue weighted by Crippen LogP contribution is 2.26. The van der Waals surface area contributed by atoms with Crippen LogP contribution in [-0.4, -0.2) is 142 Å². The van der Waals surface area contributed by atoms with Crippen LogP contribution in [0.2, 0.25) is 0 Å². The SMILES string of the molecule is CCCCCC/C=C\C/C=C\CCCCCCCCCC(=O)OC(COCCCCCCCCC)COC1OC(COC2OC(CO)C(O)C(O)C2O)C(O)C(O)C1O. The molecule has 2 saturated heterocycles. The van der Waals surface area contributed by atoms with E-state index in [1.54, 1.807) is 0 Å². The average Bonchev–Trinajstić information content (AvgIpc) is 3.23. The number of carbonyl (C=O) groups excluding carboxylic acids is 1. The zero-order chi connectivity index (χ0) is 43.1. The maximum absolute atomic E-state index is 12.9. The summed E-state index contributed by atoms with van der Waals surface area (Å²) in [6, 6.07) is 0. The number of aliphatic hydroxyl groups excluding tert-OH is 7. The number of esters is 1. The van der Waals surface area contributed by atoms with Gasteiger partial charge in [0, 0.05) is 13.0 Å². The van der Waals surface area contributed by atoms with Crippen molar-refractivity contribution >= 4 is 5.97 Å². The van der Waals surface area contributed by atoms with Crippen LogP contribution in [0.15, 0.2) is 24.3 Å². The van der Waals surface area contributed by atoms with Crippen LogP contribution in [-0.2, 0) is 33.2 Å². The average molecular weight is 847 g/mol. The molecule has 7 N–H and O–H groups in total. The van der Waals surface area contributed by atoms with Gasteiger partial charge in [-0.25, -0.2) is 0 Å². The van der Waals surface area contributed by atoms with Gasteiger partial charge in [0.15, 0.2) is 12.6 Å². The molecule has 2 aliphatic heterocycles. The van der Waals surface area contributed by atoms with E-state index in [0.29, 0.717) is 13.0 Å². The second kappa shape index (κ2) is 34.0. The van der Waals surface area contributed by atoms with E-state index in [4.69, 9.17) is 28.4 Å². The highest BCUT2D eigenvalue weighted by Gasteiger charge is 2.47. The lowest BCUT2D eigenvalue weighted by Crippen LogP contribution is -2.61. The quantitative estimate of drug-likeness (QED) is 0.0246. The predicted molar refractivity (Wildman–Crippen MR) is 224 cm³/mol. The Kier molecular flexibility index (Phi) is 30.9. The van der Waals surface area contributed by atoms with E-state index >= 15 is 0 Å². The maximum Gasteiger partial charge on any atom is 0.306 e. The minimum Gasteiger partial charge on any atom is -0.457 e. The fourth-order valence-electron chi connectivity index (χ4n) is 7.14. The molecule has 11 atom stereocenters. The van der Waals surface area contributed by atoms with Crippen molar-refractivity contribution < 1.29 is 69.0 Å². The van der Waals surface area contributed by atoms with Gasteiger partial charge >= 0.3 is 5.97 Å². The van der Waals surface area contributed by atoms with Gasteiger partial charge in [-0.15, -0.1) is 0 Å². The summed E-state index contributed by atoms with van der Waals surface area (Å²) in [5.41, 5.74) is 0. The lowest BCUT2D eigenvalue weighted by Gasteiger charge is -2.42. The van der Waals surface area contributed by atoms with Crippen LogP contribution in [0.3, 0.4) is 0 Å². The van der Waals surface area contributed by atoms with Gasteiger partial charge in [-0.2, -0.15) is 0 Å². The van der Waals surface area contributed by atoms with E-state index in [9.17, 15) is 40.5 Å². The molecule has 0 aliphatic carbocycles. The number of aliphatic hydroxyl groups is 7. The van der Waals surface area contributed by atoms with Crippen molar-refractivity contribution in [3.05, 3.63) is 24.3 Å². The fraction of sp³-hybridized carbons (Fsp3) is 0.889. The Balaban J connectivity index is 1.76. The van der Waals surface area contributed by atoms with Crippen LogP contribution in [0.4, 0.5) is 0 Å². The fourth-order valence-corrected chi connectivity index (χ4v) is 7.14. The van der Waals surface area contributed by atoms with E-state index in [2.05, 4.69) is 38.2 Å². The van der Waals surface area contributed by atoms with E-state index in [-0.39, 0.29) is 25.6 Å². The molecule has 11 unspecified atom stereocenters. The molecule has 0 spiro atoms. The molecule has 0 saturated carbocycles. The van der Waals surface area contributed by atoms with Crippen molar-refractivity contribution in [3.8, 4) is 0 Å². The van der Waals surface area contributed by atoms with Gasteiger partial charge in [0.25, 0.3) is 0 Å². The first-order valence-corrected chi connectivity index (χ1v) is 22.9. The van der Waals surface area contributed by atoms with E-state index < -0.39 is 80.7 Å². The van der Waals surface area contributed by atoms with Crippen LogP contribution in [0.1, 0.15) is 155 Å². The molecule has 346 valence electrons.